The summed E-state index contributed by atoms with van der Waals surface area (Å²) in [4.78, 5) is 4.32. The highest BCUT2D eigenvalue weighted by atomic mass is 16.5. The summed E-state index contributed by atoms with van der Waals surface area (Å²) in [6, 6.07) is 0.0838. The maximum atomic E-state index is 6.05. The van der Waals surface area contributed by atoms with Crippen LogP contribution in [0.1, 0.15) is 58.7 Å². The molecule has 4 nitrogen and oxygen atoms in total. The second kappa shape index (κ2) is 4.95. The van der Waals surface area contributed by atoms with Crippen molar-refractivity contribution in [1.82, 2.24) is 10.1 Å². The molecule has 1 rings (SSSR count). The maximum Gasteiger partial charge on any atom is 0.228 e. The summed E-state index contributed by atoms with van der Waals surface area (Å²) in [5.41, 5.74) is 6.29. The average Bonchev–Trinajstić information content (AvgIpc) is 2.48. The van der Waals surface area contributed by atoms with Crippen molar-refractivity contribution < 1.29 is 4.52 Å². The zero-order valence-corrected chi connectivity index (χ0v) is 10.9. The Morgan fingerprint density at radius 3 is 2.38 bits per heavy atom. The van der Waals surface area contributed by atoms with Crippen molar-refractivity contribution in [3.05, 3.63) is 11.7 Å². The molecule has 0 saturated heterocycles. The molecule has 0 aromatic carbocycles. The zero-order valence-electron chi connectivity index (χ0n) is 10.9. The first-order valence-electron chi connectivity index (χ1n) is 5.86. The van der Waals surface area contributed by atoms with Crippen LogP contribution in [0.4, 0.5) is 0 Å². The summed E-state index contributed by atoms with van der Waals surface area (Å²) in [5, 5.41) is 3.92. The van der Waals surface area contributed by atoms with Gasteiger partial charge in [0.15, 0.2) is 5.82 Å². The number of hydrogen-bond acceptors (Lipinski definition) is 4. The van der Waals surface area contributed by atoms with Gasteiger partial charge in [0.05, 0.1) is 0 Å². The normalized spacial score (nSPS) is 14.4. The van der Waals surface area contributed by atoms with E-state index in [1.54, 1.807) is 0 Å². The zero-order chi connectivity index (χ0) is 12.3. The van der Waals surface area contributed by atoms with E-state index >= 15 is 0 Å². The molecule has 0 spiro atoms. The monoisotopic (exact) mass is 225 g/mol. The lowest BCUT2D eigenvalue weighted by molar-refractivity contribution is 0.312. The Balaban J connectivity index is 2.53. The molecule has 0 amide bonds. The molecule has 1 atom stereocenters. The van der Waals surface area contributed by atoms with Crippen LogP contribution in [0.5, 0.6) is 0 Å². The van der Waals surface area contributed by atoms with Crippen molar-refractivity contribution in [3.63, 3.8) is 0 Å². The van der Waals surface area contributed by atoms with Crippen LogP contribution in [0.3, 0.4) is 0 Å². The maximum absolute atomic E-state index is 6.05. The number of nitrogens with zero attached hydrogens (tertiary/aromatic N) is 2. The molecular formula is C12H23N3O. The quantitative estimate of drug-likeness (QED) is 0.855. The van der Waals surface area contributed by atoms with Crippen LogP contribution in [-0.2, 0) is 6.42 Å². The van der Waals surface area contributed by atoms with Gasteiger partial charge in [-0.05, 0) is 11.8 Å². The van der Waals surface area contributed by atoms with Crippen molar-refractivity contribution in [2.75, 3.05) is 0 Å². The molecule has 1 heterocycles. The van der Waals surface area contributed by atoms with Gasteiger partial charge >= 0.3 is 0 Å². The van der Waals surface area contributed by atoms with Crippen LogP contribution in [0, 0.1) is 5.41 Å². The van der Waals surface area contributed by atoms with Crippen LogP contribution in [0.25, 0.3) is 0 Å². The van der Waals surface area contributed by atoms with Gasteiger partial charge < -0.3 is 10.3 Å². The highest BCUT2D eigenvalue weighted by Gasteiger charge is 2.18. The molecule has 16 heavy (non-hydrogen) atoms. The minimum atomic E-state index is 0.0838. The number of nitrogens with two attached hydrogens (primary N) is 1. The molecule has 0 radical (unpaired) electrons. The van der Waals surface area contributed by atoms with Gasteiger partial charge in [-0.15, -0.1) is 0 Å². The van der Waals surface area contributed by atoms with Crippen molar-refractivity contribution >= 4 is 0 Å². The van der Waals surface area contributed by atoms with E-state index in [1.165, 1.54) is 0 Å². The fourth-order valence-corrected chi connectivity index (χ4v) is 1.67. The van der Waals surface area contributed by atoms with E-state index in [1.807, 2.05) is 13.8 Å². The smallest absolute Gasteiger partial charge is 0.228 e. The van der Waals surface area contributed by atoms with Gasteiger partial charge in [0.1, 0.15) is 0 Å². The van der Waals surface area contributed by atoms with Gasteiger partial charge in [0.2, 0.25) is 5.89 Å². The van der Waals surface area contributed by atoms with E-state index in [0.717, 1.165) is 12.2 Å². The van der Waals surface area contributed by atoms with Crippen LogP contribution in [0.15, 0.2) is 4.52 Å². The van der Waals surface area contributed by atoms with Gasteiger partial charge in [-0.3, -0.25) is 0 Å². The predicted molar refractivity (Wildman–Crippen MR) is 64.1 cm³/mol. The summed E-state index contributed by atoms with van der Waals surface area (Å²) in [6.45, 7) is 10.6. The Hall–Kier alpha value is -0.900. The van der Waals surface area contributed by atoms with E-state index in [2.05, 4.69) is 30.9 Å². The molecule has 0 aliphatic rings. The Kier molecular flexibility index (Phi) is 4.08. The lowest BCUT2D eigenvalue weighted by atomic mass is 9.87. The molecule has 92 valence electrons. The van der Waals surface area contributed by atoms with Crippen molar-refractivity contribution in [2.45, 2.75) is 59.4 Å². The predicted octanol–water partition coefficient (Wildman–Crippen LogP) is 2.50. The average molecular weight is 225 g/mol. The molecule has 0 bridgehead atoms. The molecule has 0 saturated carbocycles. The Morgan fingerprint density at radius 2 is 1.94 bits per heavy atom. The standard InChI is InChI=1S/C12H23N3O/c1-8(2)11-14-10(16-15-11)6-9(13)7-12(3,4)5/h8-9H,6-7,13H2,1-5H3. The first kappa shape index (κ1) is 13.2. The van der Waals surface area contributed by atoms with Gasteiger partial charge in [-0.1, -0.05) is 39.8 Å². The summed E-state index contributed by atoms with van der Waals surface area (Å²) in [5.74, 6) is 1.72. The van der Waals surface area contributed by atoms with Gasteiger partial charge in [0, 0.05) is 18.4 Å². The Morgan fingerprint density at radius 1 is 1.31 bits per heavy atom. The van der Waals surface area contributed by atoms with Gasteiger partial charge in [0.25, 0.3) is 0 Å². The van der Waals surface area contributed by atoms with Crippen molar-refractivity contribution in [2.24, 2.45) is 11.1 Å². The Labute approximate surface area is 97.6 Å². The highest BCUT2D eigenvalue weighted by Crippen LogP contribution is 2.21. The minimum Gasteiger partial charge on any atom is -0.339 e. The van der Waals surface area contributed by atoms with E-state index in [-0.39, 0.29) is 11.5 Å². The summed E-state index contributed by atoms with van der Waals surface area (Å²) in [6.07, 6.45) is 1.61. The highest BCUT2D eigenvalue weighted by molar-refractivity contribution is 4.93. The van der Waals surface area contributed by atoms with Gasteiger partial charge in [-0.25, -0.2) is 0 Å². The molecule has 0 aliphatic heterocycles. The molecule has 0 fully saturated rings. The fourth-order valence-electron chi connectivity index (χ4n) is 1.67. The molecular weight excluding hydrogens is 202 g/mol. The fraction of sp³-hybridized carbons (Fsp3) is 0.833. The molecule has 1 aromatic rings. The number of rotatable bonds is 4. The molecule has 1 aromatic heterocycles. The topological polar surface area (TPSA) is 64.9 Å². The largest absolute Gasteiger partial charge is 0.339 e. The first-order chi connectivity index (χ1) is 7.28. The number of hydrogen-bond donors (Lipinski definition) is 1. The third-order valence-corrected chi connectivity index (χ3v) is 2.31. The Bertz CT molecular complexity index is 325. The van der Waals surface area contributed by atoms with Crippen LogP contribution in [-0.4, -0.2) is 16.2 Å². The SMILES string of the molecule is CC(C)c1noc(CC(N)CC(C)(C)C)n1. The van der Waals surface area contributed by atoms with E-state index < -0.39 is 0 Å². The second-order valence-electron chi connectivity index (χ2n) is 5.93. The van der Waals surface area contributed by atoms with Crippen LogP contribution >= 0.6 is 0 Å². The third-order valence-electron chi connectivity index (χ3n) is 2.31. The van der Waals surface area contributed by atoms with Crippen LogP contribution in [0.2, 0.25) is 0 Å². The van der Waals surface area contributed by atoms with Gasteiger partial charge in [-0.2, -0.15) is 4.98 Å². The molecule has 1 unspecified atom stereocenters. The van der Waals surface area contributed by atoms with Crippen LogP contribution < -0.4 is 5.73 Å². The third kappa shape index (κ3) is 4.31. The summed E-state index contributed by atoms with van der Waals surface area (Å²) in [7, 11) is 0. The lowest BCUT2D eigenvalue weighted by Crippen LogP contribution is -2.28. The summed E-state index contributed by atoms with van der Waals surface area (Å²) < 4.78 is 5.17. The van der Waals surface area contributed by atoms with E-state index in [9.17, 15) is 0 Å². The number of aromatic nitrogens is 2. The van der Waals surface area contributed by atoms with Crippen molar-refractivity contribution in [1.29, 1.82) is 0 Å². The first-order valence-corrected chi connectivity index (χ1v) is 5.86. The van der Waals surface area contributed by atoms with E-state index in [4.69, 9.17) is 10.3 Å². The second-order valence-corrected chi connectivity index (χ2v) is 5.93. The summed E-state index contributed by atoms with van der Waals surface area (Å²) >= 11 is 0. The molecule has 0 aliphatic carbocycles. The lowest BCUT2D eigenvalue weighted by Gasteiger charge is -2.21. The molecule has 2 N–H and O–H groups in total. The molecule has 4 heteroatoms. The van der Waals surface area contributed by atoms with E-state index in [0.29, 0.717) is 18.2 Å². The van der Waals surface area contributed by atoms with Crippen molar-refractivity contribution in [3.8, 4) is 0 Å². The minimum absolute atomic E-state index is 0.0838.